The van der Waals surface area contributed by atoms with Crippen LogP contribution in [0, 0.1) is 0 Å². The van der Waals surface area contributed by atoms with Crippen molar-refractivity contribution < 1.29 is 13.6 Å². The molecule has 4 heteroatoms. The second kappa shape index (κ2) is 3.45. The van der Waals surface area contributed by atoms with Gasteiger partial charge in [-0.25, -0.2) is 0 Å². The van der Waals surface area contributed by atoms with Crippen LogP contribution in [0.4, 0.5) is 0 Å². The van der Waals surface area contributed by atoms with Crippen molar-refractivity contribution in [2.24, 2.45) is 0 Å². The van der Waals surface area contributed by atoms with Gasteiger partial charge in [-0.3, -0.25) is 0 Å². The van der Waals surface area contributed by atoms with E-state index in [0.717, 1.165) is 19.6 Å². The lowest BCUT2D eigenvalue weighted by atomic mass is 10.0. The molecule has 1 aliphatic heterocycles. The Hall–Kier alpha value is 0.0969. The molecule has 1 rings (SSSR count). The SMILES string of the molecule is CCC1([Si](C)(OC)OC)COC1. The van der Waals surface area contributed by atoms with Gasteiger partial charge in [-0.15, -0.1) is 0 Å². The van der Waals surface area contributed by atoms with Crippen LogP contribution in [0.2, 0.25) is 11.6 Å². The third-order valence-electron chi connectivity index (χ3n) is 3.18. The van der Waals surface area contributed by atoms with Crippen molar-refractivity contribution in [3.05, 3.63) is 0 Å². The molecule has 0 amide bonds. The molecule has 1 aliphatic rings. The number of hydrogen-bond donors (Lipinski definition) is 0. The molecule has 1 saturated heterocycles. The highest BCUT2D eigenvalue weighted by atomic mass is 28.4. The topological polar surface area (TPSA) is 27.7 Å². The Bertz CT molecular complexity index is 136. The summed E-state index contributed by atoms with van der Waals surface area (Å²) in [4.78, 5) is 0. The molecule has 3 nitrogen and oxygen atoms in total. The second-order valence-corrected chi connectivity index (χ2v) is 7.25. The van der Waals surface area contributed by atoms with Crippen molar-refractivity contribution in [2.45, 2.75) is 24.9 Å². The first kappa shape index (κ1) is 10.2. The third kappa shape index (κ3) is 1.23. The van der Waals surface area contributed by atoms with Gasteiger partial charge in [0.1, 0.15) is 0 Å². The van der Waals surface area contributed by atoms with Crippen LogP contribution in [0.15, 0.2) is 0 Å². The second-order valence-electron chi connectivity index (χ2n) is 3.48. The van der Waals surface area contributed by atoms with Crippen LogP contribution in [0.25, 0.3) is 0 Å². The lowest BCUT2D eigenvalue weighted by molar-refractivity contribution is -0.0473. The Morgan fingerprint density at radius 3 is 1.92 bits per heavy atom. The zero-order chi connectivity index (χ0) is 9.24. The molecule has 0 aliphatic carbocycles. The molecule has 0 spiro atoms. The van der Waals surface area contributed by atoms with Crippen molar-refractivity contribution >= 4 is 8.56 Å². The van der Waals surface area contributed by atoms with Gasteiger partial charge in [0.2, 0.25) is 0 Å². The third-order valence-corrected chi connectivity index (χ3v) is 7.30. The van der Waals surface area contributed by atoms with Gasteiger partial charge in [-0.1, -0.05) is 6.92 Å². The fraction of sp³-hybridized carbons (Fsp3) is 1.00. The molecule has 12 heavy (non-hydrogen) atoms. The molecule has 0 bridgehead atoms. The molecule has 0 radical (unpaired) electrons. The van der Waals surface area contributed by atoms with E-state index in [0.29, 0.717) is 0 Å². The minimum Gasteiger partial charge on any atom is -0.397 e. The summed E-state index contributed by atoms with van der Waals surface area (Å²) >= 11 is 0. The summed E-state index contributed by atoms with van der Waals surface area (Å²) < 4.78 is 16.3. The van der Waals surface area contributed by atoms with Crippen molar-refractivity contribution in [1.82, 2.24) is 0 Å². The Morgan fingerprint density at radius 2 is 1.83 bits per heavy atom. The van der Waals surface area contributed by atoms with E-state index in [-0.39, 0.29) is 5.04 Å². The normalized spacial score (nSPS) is 22.0. The molecular weight excluding hydrogens is 172 g/mol. The van der Waals surface area contributed by atoms with Gasteiger partial charge in [-0.2, -0.15) is 0 Å². The standard InChI is InChI=1S/C8H18O3Si/c1-5-8(6-11-7-8)12(4,9-2)10-3/h5-7H2,1-4H3. The Balaban J connectivity index is 2.74. The number of hydrogen-bond acceptors (Lipinski definition) is 3. The van der Waals surface area contributed by atoms with Gasteiger partial charge in [0.05, 0.1) is 18.3 Å². The van der Waals surface area contributed by atoms with Gasteiger partial charge in [0, 0.05) is 14.2 Å². The molecule has 1 fully saturated rings. The average molecular weight is 190 g/mol. The molecule has 0 aromatic carbocycles. The fourth-order valence-corrected chi connectivity index (χ4v) is 4.06. The summed E-state index contributed by atoms with van der Waals surface area (Å²) in [6.07, 6.45) is 1.08. The van der Waals surface area contributed by atoms with Crippen LogP contribution in [0.5, 0.6) is 0 Å². The largest absolute Gasteiger partial charge is 0.397 e. The zero-order valence-corrected chi connectivity index (χ0v) is 9.35. The highest BCUT2D eigenvalue weighted by molar-refractivity contribution is 6.69. The maximum atomic E-state index is 5.52. The quantitative estimate of drug-likeness (QED) is 0.629. The average Bonchev–Trinajstić information content (AvgIpc) is 2.03. The van der Waals surface area contributed by atoms with E-state index in [1.165, 1.54) is 0 Å². The molecule has 0 aromatic rings. The van der Waals surface area contributed by atoms with Crippen LogP contribution < -0.4 is 0 Å². The summed E-state index contributed by atoms with van der Waals surface area (Å²) in [7, 11) is 1.49. The fourth-order valence-electron chi connectivity index (χ4n) is 1.65. The predicted octanol–water partition coefficient (Wildman–Crippen LogP) is 1.53. The Labute approximate surface area is 75.3 Å². The minimum absolute atomic E-state index is 0.191. The van der Waals surface area contributed by atoms with E-state index in [4.69, 9.17) is 13.6 Å². The molecule has 0 aromatic heterocycles. The summed E-state index contributed by atoms with van der Waals surface area (Å²) in [5.41, 5.74) is 0. The molecule has 0 unspecified atom stereocenters. The summed E-state index contributed by atoms with van der Waals surface area (Å²) in [6, 6.07) is 0. The lowest BCUT2D eigenvalue weighted by Gasteiger charge is -2.49. The lowest BCUT2D eigenvalue weighted by Crippen LogP contribution is -2.58. The molecule has 1 heterocycles. The predicted molar refractivity (Wildman–Crippen MR) is 49.4 cm³/mol. The van der Waals surface area contributed by atoms with Crippen LogP contribution >= 0.6 is 0 Å². The Kier molecular flexibility index (Phi) is 2.93. The van der Waals surface area contributed by atoms with Crippen LogP contribution in [-0.2, 0) is 13.6 Å². The van der Waals surface area contributed by atoms with Gasteiger partial charge in [-0.05, 0) is 13.0 Å². The monoisotopic (exact) mass is 190 g/mol. The smallest absolute Gasteiger partial charge is 0.345 e. The molecular formula is C8H18O3Si. The Morgan fingerprint density at radius 1 is 1.33 bits per heavy atom. The number of rotatable bonds is 4. The molecule has 72 valence electrons. The van der Waals surface area contributed by atoms with Gasteiger partial charge < -0.3 is 13.6 Å². The van der Waals surface area contributed by atoms with E-state index in [2.05, 4.69) is 13.5 Å². The van der Waals surface area contributed by atoms with E-state index < -0.39 is 8.56 Å². The van der Waals surface area contributed by atoms with E-state index in [1.807, 2.05) is 0 Å². The highest BCUT2D eigenvalue weighted by Crippen LogP contribution is 2.48. The zero-order valence-electron chi connectivity index (χ0n) is 8.35. The van der Waals surface area contributed by atoms with E-state index >= 15 is 0 Å². The van der Waals surface area contributed by atoms with Crippen LogP contribution in [0.3, 0.4) is 0 Å². The van der Waals surface area contributed by atoms with Crippen molar-refractivity contribution in [3.8, 4) is 0 Å². The number of ether oxygens (including phenoxy) is 1. The summed E-state index contributed by atoms with van der Waals surface area (Å²) in [5.74, 6) is 0. The maximum absolute atomic E-state index is 5.52. The summed E-state index contributed by atoms with van der Waals surface area (Å²) in [6.45, 7) is 5.88. The molecule has 0 atom stereocenters. The van der Waals surface area contributed by atoms with Gasteiger partial charge in [0.15, 0.2) is 0 Å². The van der Waals surface area contributed by atoms with Crippen molar-refractivity contribution in [2.75, 3.05) is 27.4 Å². The van der Waals surface area contributed by atoms with Gasteiger partial charge >= 0.3 is 8.56 Å². The highest BCUT2D eigenvalue weighted by Gasteiger charge is 2.57. The maximum Gasteiger partial charge on any atom is 0.345 e. The van der Waals surface area contributed by atoms with Crippen molar-refractivity contribution in [1.29, 1.82) is 0 Å². The van der Waals surface area contributed by atoms with Crippen molar-refractivity contribution in [3.63, 3.8) is 0 Å². The first-order valence-electron chi connectivity index (χ1n) is 4.32. The first-order valence-corrected chi connectivity index (χ1v) is 6.64. The molecule has 0 saturated carbocycles. The summed E-state index contributed by atoms with van der Waals surface area (Å²) in [5, 5.41) is 0.191. The van der Waals surface area contributed by atoms with Crippen LogP contribution in [-0.4, -0.2) is 36.0 Å². The minimum atomic E-state index is -1.99. The van der Waals surface area contributed by atoms with Gasteiger partial charge in [0.25, 0.3) is 0 Å². The van der Waals surface area contributed by atoms with E-state index in [1.54, 1.807) is 14.2 Å². The molecule has 0 N–H and O–H groups in total. The van der Waals surface area contributed by atoms with E-state index in [9.17, 15) is 0 Å². The first-order chi connectivity index (χ1) is 5.64. The van der Waals surface area contributed by atoms with Crippen LogP contribution in [0.1, 0.15) is 13.3 Å².